The molecule has 0 spiro atoms. The molecule has 144 valence electrons. The first-order valence-electron chi connectivity index (χ1n) is 8.87. The fourth-order valence-corrected chi connectivity index (χ4v) is 3.28. The number of carbonyl (C=O) groups is 1. The van der Waals surface area contributed by atoms with E-state index in [1.165, 1.54) is 0 Å². The Kier molecular flexibility index (Phi) is 5.92. The molecule has 0 aliphatic rings. The zero-order valence-electron chi connectivity index (χ0n) is 16.0. The summed E-state index contributed by atoms with van der Waals surface area (Å²) in [5, 5.41) is 15.1. The molecule has 28 heavy (non-hydrogen) atoms. The van der Waals surface area contributed by atoms with Gasteiger partial charge in [-0.1, -0.05) is 17.2 Å². The van der Waals surface area contributed by atoms with Gasteiger partial charge in [0, 0.05) is 16.8 Å². The van der Waals surface area contributed by atoms with Crippen LogP contribution in [-0.4, -0.2) is 16.1 Å². The monoisotopic (exact) mass is 394 g/mol. The Labute approximate surface area is 169 Å². The van der Waals surface area contributed by atoms with Crippen LogP contribution in [0.15, 0.2) is 52.9 Å². The van der Waals surface area contributed by atoms with Crippen LogP contribution in [0.25, 0.3) is 11.3 Å². The highest BCUT2D eigenvalue weighted by atomic mass is 32.1. The molecular weight excluding hydrogens is 372 g/mol. The Morgan fingerprint density at radius 1 is 1.04 bits per heavy atom. The van der Waals surface area contributed by atoms with Crippen LogP contribution in [0.1, 0.15) is 32.8 Å². The van der Waals surface area contributed by atoms with E-state index < -0.39 is 0 Å². The van der Waals surface area contributed by atoms with E-state index in [-0.39, 0.29) is 17.6 Å². The van der Waals surface area contributed by atoms with Crippen molar-refractivity contribution >= 4 is 28.9 Å². The van der Waals surface area contributed by atoms with Crippen LogP contribution in [0.5, 0.6) is 0 Å². The molecule has 0 saturated carbocycles. The Hall–Kier alpha value is -2.96. The van der Waals surface area contributed by atoms with Crippen LogP contribution in [0.3, 0.4) is 0 Å². The molecule has 5 nitrogen and oxygen atoms in total. The first-order chi connectivity index (χ1) is 13.4. The van der Waals surface area contributed by atoms with E-state index in [4.69, 9.17) is 21.7 Å². The molecule has 1 aromatic heterocycles. The lowest BCUT2D eigenvalue weighted by atomic mass is 10.1. The van der Waals surface area contributed by atoms with Crippen molar-refractivity contribution in [2.24, 2.45) is 0 Å². The number of furan rings is 1. The van der Waals surface area contributed by atoms with Crippen molar-refractivity contribution in [1.29, 1.82) is 0 Å². The summed E-state index contributed by atoms with van der Waals surface area (Å²) in [7, 11) is 0. The van der Waals surface area contributed by atoms with Gasteiger partial charge in [-0.25, -0.2) is 0 Å². The number of carbonyl (C=O) groups excluding carboxylic acids is 1. The number of benzene rings is 2. The standard InChI is InChI=1S/C22H22N2O3S/c1-13-8-14(2)10-16(9-13)21(26)24-22(28)23-17-4-6-19(15(3)11-17)20-7-5-18(12-25)27-20/h4-11,25H,12H2,1-3H3,(H2,23,24,26,28). The third kappa shape index (κ3) is 4.65. The quantitative estimate of drug-likeness (QED) is 0.569. The molecular formula is C22H22N2O3S. The van der Waals surface area contributed by atoms with Gasteiger partial charge in [0.05, 0.1) is 0 Å². The predicted molar refractivity (Wildman–Crippen MR) is 114 cm³/mol. The minimum absolute atomic E-state index is 0.132. The highest BCUT2D eigenvalue weighted by Gasteiger charge is 2.11. The summed E-state index contributed by atoms with van der Waals surface area (Å²) in [5.41, 5.74) is 5.30. The third-order valence-electron chi connectivity index (χ3n) is 4.28. The van der Waals surface area contributed by atoms with E-state index in [0.717, 1.165) is 27.9 Å². The minimum atomic E-state index is -0.246. The summed E-state index contributed by atoms with van der Waals surface area (Å²) in [5.74, 6) is 0.968. The van der Waals surface area contributed by atoms with Gasteiger partial charge in [-0.05, 0) is 81.0 Å². The van der Waals surface area contributed by atoms with Crippen LogP contribution in [0.2, 0.25) is 0 Å². The van der Waals surface area contributed by atoms with Crippen molar-refractivity contribution in [2.45, 2.75) is 27.4 Å². The molecule has 0 atom stereocenters. The summed E-state index contributed by atoms with van der Waals surface area (Å²) < 4.78 is 5.59. The minimum Gasteiger partial charge on any atom is -0.459 e. The number of nitrogens with one attached hydrogen (secondary N) is 2. The van der Waals surface area contributed by atoms with Gasteiger partial charge in [-0.2, -0.15) is 0 Å². The number of aryl methyl sites for hydroxylation is 3. The zero-order valence-corrected chi connectivity index (χ0v) is 16.8. The van der Waals surface area contributed by atoms with Gasteiger partial charge < -0.3 is 14.8 Å². The van der Waals surface area contributed by atoms with E-state index in [9.17, 15) is 4.79 Å². The Morgan fingerprint density at radius 3 is 2.36 bits per heavy atom. The summed E-state index contributed by atoms with van der Waals surface area (Å²) in [6.07, 6.45) is 0. The maximum atomic E-state index is 12.4. The molecule has 1 amide bonds. The van der Waals surface area contributed by atoms with Gasteiger partial charge in [0.1, 0.15) is 18.1 Å². The van der Waals surface area contributed by atoms with Crippen molar-refractivity contribution in [3.63, 3.8) is 0 Å². The zero-order chi connectivity index (χ0) is 20.3. The molecule has 6 heteroatoms. The second-order valence-corrected chi connectivity index (χ2v) is 7.15. The number of aliphatic hydroxyl groups is 1. The average Bonchev–Trinajstić information content (AvgIpc) is 3.09. The first-order valence-corrected chi connectivity index (χ1v) is 9.28. The highest BCUT2D eigenvalue weighted by Crippen LogP contribution is 2.27. The van der Waals surface area contributed by atoms with E-state index in [1.54, 1.807) is 6.07 Å². The summed E-state index contributed by atoms with van der Waals surface area (Å²) in [6.45, 7) is 5.73. The van der Waals surface area contributed by atoms with Gasteiger partial charge in [0.2, 0.25) is 0 Å². The van der Waals surface area contributed by atoms with Crippen LogP contribution in [-0.2, 0) is 6.61 Å². The Bertz CT molecular complexity index is 1020. The normalized spacial score (nSPS) is 10.6. The van der Waals surface area contributed by atoms with Gasteiger partial charge >= 0.3 is 0 Å². The second kappa shape index (κ2) is 8.37. The fraction of sp³-hybridized carbons (Fsp3) is 0.182. The van der Waals surface area contributed by atoms with E-state index in [2.05, 4.69) is 10.6 Å². The SMILES string of the molecule is Cc1cc(C)cc(C(=O)NC(=S)Nc2ccc(-c3ccc(CO)o3)c(C)c2)c1. The molecule has 0 aliphatic heterocycles. The van der Waals surface area contributed by atoms with Crippen LogP contribution in [0.4, 0.5) is 5.69 Å². The maximum Gasteiger partial charge on any atom is 0.257 e. The Morgan fingerprint density at radius 2 is 1.75 bits per heavy atom. The van der Waals surface area contributed by atoms with Gasteiger partial charge in [0.25, 0.3) is 5.91 Å². The smallest absolute Gasteiger partial charge is 0.257 e. The molecule has 2 aromatic carbocycles. The molecule has 0 unspecified atom stereocenters. The van der Waals surface area contributed by atoms with Crippen LogP contribution >= 0.6 is 12.2 Å². The lowest BCUT2D eigenvalue weighted by Gasteiger charge is -2.12. The number of thiocarbonyl (C=S) groups is 1. The maximum absolute atomic E-state index is 12.4. The molecule has 0 aliphatic carbocycles. The molecule has 0 saturated heterocycles. The molecule has 3 N–H and O–H groups in total. The van der Waals surface area contributed by atoms with Crippen molar-refractivity contribution in [3.05, 3.63) is 76.5 Å². The number of aliphatic hydroxyl groups excluding tert-OH is 1. The molecule has 3 aromatic rings. The number of hydrogen-bond acceptors (Lipinski definition) is 4. The van der Waals surface area contributed by atoms with Crippen molar-refractivity contribution < 1.29 is 14.3 Å². The van der Waals surface area contributed by atoms with E-state index >= 15 is 0 Å². The number of rotatable bonds is 4. The highest BCUT2D eigenvalue weighted by molar-refractivity contribution is 7.80. The third-order valence-corrected chi connectivity index (χ3v) is 4.48. The molecule has 3 rings (SSSR count). The van der Waals surface area contributed by atoms with Crippen molar-refractivity contribution in [3.8, 4) is 11.3 Å². The van der Waals surface area contributed by atoms with E-state index in [0.29, 0.717) is 17.1 Å². The van der Waals surface area contributed by atoms with Crippen LogP contribution in [0, 0.1) is 20.8 Å². The molecule has 0 bridgehead atoms. The predicted octanol–water partition coefficient (Wildman–Crippen LogP) is 4.49. The average molecular weight is 394 g/mol. The van der Waals surface area contributed by atoms with Crippen molar-refractivity contribution in [2.75, 3.05) is 5.32 Å². The topological polar surface area (TPSA) is 74.5 Å². The first kappa shape index (κ1) is 19.8. The molecule has 0 fully saturated rings. The van der Waals surface area contributed by atoms with Gasteiger partial charge in [-0.15, -0.1) is 0 Å². The lowest BCUT2D eigenvalue weighted by Crippen LogP contribution is -2.34. The Balaban J connectivity index is 1.68. The van der Waals surface area contributed by atoms with Crippen molar-refractivity contribution in [1.82, 2.24) is 5.32 Å². The van der Waals surface area contributed by atoms with E-state index in [1.807, 2.05) is 63.2 Å². The second-order valence-electron chi connectivity index (χ2n) is 6.74. The van der Waals surface area contributed by atoms with Gasteiger partial charge in [-0.3, -0.25) is 10.1 Å². The molecule has 0 radical (unpaired) electrons. The number of anilines is 1. The largest absolute Gasteiger partial charge is 0.459 e. The molecule has 1 heterocycles. The summed E-state index contributed by atoms with van der Waals surface area (Å²) in [6, 6.07) is 14.9. The summed E-state index contributed by atoms with van der Waals surface area (Å²) >= 11 is 5.28. The number of amides is 1. The fourth-order valence-electron chi connectivity index (χ4n) is 3.07. The van der Waals surface area contributed by atoms with Gasteiger partial charge in [0.15, 0.2) is 5.11 Å². The summed E-state index contributed by atoms with van der Waals surface area (Å²) in [4.78, 5) is 12.4. The number of hydrogen-bond donors (Lipinski definition) is 3. The van der Waals surface area contributed by atoms with Crippen LogP contribution < -0.4 is 10.6 Å². The lowest BCUT2D eigenvalue weighted by molar-refractivity contribution is 0.0977.